The van der Waals surface area contributed by atoms with Crippen LogP contribution in [0, 0.1) is 0 Å². The van der Waals surface area contributed by atoms with E-state index in [0.29, 0.717) is 11.8 Å². The van der Waals surface area contributed by atoms with Gasteiger partial charge in [-0.15, -0.1) is 23.2 Å². The Morgan fingerprint density at radius 1 is 0.533 bits per heavy atom. The van der Waals surface area contributed by atoms with Crippen LogP contribution in [0.5, 0.6) is 11.5 Å². The highest BCUT2D eigenvalue weighted by atomic mass is 79.9. The third kappa shape index (κ3) is 13.0. The van der Waals surface area contributed by atoms with Crippen LogP contribution in [-0.4, -0.2) is 23.9 Å². The molecule has 0 aliphatic carbocycles. The molecule has 0 aliphatic heterocycles. The fraction of sp³-hybridized carbons (Fsp3) is 0.750. The molecule has 0 unspecified atom stereocenters. The molecule has 0 amide bonds. The first-order valence-electron chi connectivity index (χ1n) is 11.4. The Morgan fingerprint density at radius 2 is 0.867 bits per heavy atom. The number of hydrogen-bond acceptors (Lipinski definition) is 2. The molecule has 1 rings (SSSR count). The van der Waals surface area contributed by atoms with E-state index in [0.717, 1.165) is 59.3 Å². The van der Waals surface area contributed by atoms with Crippen molar-refractivity contribution >= 4 is 55.1 Å². The molecular formula is C24H38Br2Cl2O2. The second kappa shape index (κ2) is 20.0. The van der Waals surface area contributed by atoms with Crippen LogP contribution in [0.3, 0.4) is 0 Å². The van der Waals surface area contributed by atoms with Gasteiger partial charge in [0.2, 0.25) is 0 Å². The van der Waals surface area contributed by atoms with Gasteiger partial charge in [-0.1, -0.05) is 83.2 Å². The Hall–Kier alpha value is 0.360. The molecule has 0 bridgehead atoms. The molecule has 0 atom stereocenters. The maximum Gasteiger partial charge on any atom is 0.124 e. The van der Waals surface area contributed by atoms with Crippen molar-refractivity contribution in [1.82, 2.24) is 0 Å². The van der Waals surface area contributed by atoms with Gasteiger partial charge < -0.3 is 9.47 Å². The molecular weight excluding hydrogens is 551 g/mol. The first-order valence-corrected chi connectivity index (χ1v) is 14.7. The van der Waals surface area contributed by atoms with E-state index in [-0.39, 0.29) is 0 Å². The Morgan fingerprint density at radius 3 is 1.20 bits per heavy atom. The van der Waals surface area contributed by atoms with Crippen molar-refractivity contribution in [3.63, 3.8) is 0 Å². The van der Waals surface area contributed by atoms with Crippen molar-refractivity contribution in [2.24, 2.45) is 0 Å². The molecule has 1 aromatic rings. The standard InChI is InChI=1S/C24H38Br2Cl2O2/c25-13-9-5-1-3-7-11-15-29-23-17-22(20-28)24(18-21(23)19-27)30-16-12-8-4-2-6-10-14-26/h17-18H,1-16,19-20H2. The minimum absolute atomic E-state index is 0.411. The van der Waals surface area contributed by atoms with Crippen LogP contribution in [0.25, 0.3) is 0 Å². The second-order valence-corrected chi connectivity index (χ2v) is 9.77. The van der Waals surface area contributed by atoms with Gasteiger partial charge in [0.05, 0.1) is 25.0 Å². The summed E-state index contributed by atoms with van der Waals surface area (Å²) in [7, 11) is 0. The van der Waals surface area contributed by atoms with Gasteiger partial charge in [0.15, 0.2) is 0 Å². The van der Waals surface area contributed by atoms with Crippen LogP contribution in [0.4, 0.5) is 0 Å². The lowest BCUT2D eigenvalue weighted by Gasteiger charge is -2.16. The molecule has 2 nitrogen and oxygen atoms in total. The van der Waals surface area contributed by atoms with E-state index in [1.54, 1.807) is 0 Å². The summed E-state index contributed by atoms with van der Waals surface area (Å²) in [6.45, 7) is 1.44. The van der Waals surface area contributed by atoms with E-state index in [9.17, 15) is 0 Å². The maximum atomic E-state index is 6.18. The summed E-state index contributed by atoms with van der Waals surface area (Å²) in [6.07, 6.45) is 14.8. The number of alkyl halides is 4. The third-order valence-corrected chi connectivity index (χ3v) is 6.80. The van der Waals surface area contributed by atoms with Gasteiger partial charge >= 0.3 is 0 Å². The number of ether oxygens (including phenoxy) is 2. The summed E-state index contributed by atoms with van der Waals surface area (Å²) in [4.78, 5) is 0. The molecule has 30 heavy (non-hydrogen) atoms. The van der Waals surface area contributed by atoms with Gasteiger partial charge in [0.25, 0.3) is 0 Å². The van der Waals surface area contributed by atoms with Gasteiger partial charge in [-0.3, -0.25) is 0 Å². The summed E-state index contributed by atoms with van der Waals surface area (Å²) in [5.41, 5.74) is 1.96. The lowest BCUT2D eigenvalue weighted by atomic mass is 10.1. The number of unbranched alkanes of at least 4 members (excludes halogenated alkanes) is 10. The smallest absolute Gasteiger partial charge is 0.124 e. The van der Waals surface area contributed by atoms with Crippen molar-refractivity contribution in [2.45, 2.75) is 88.8 Å². The molecule has 0 aliphatic rings. The minimum atomic E-state index is 0.411. The van der Waals surface area contributed by atoms with Crippen LogP contribution >= 0.6 is 55.1 Å². The number of hydrogen-bond donors (Lipinski definition) is 0. The fourth-order valence-corrected chi connectivity index (χ4v) is 4.50. The van der Waals surface area contributed by atoms with Crippen LogP contribution < -0.4 is 9.47 Å². The highest BCUT2D eigenvalue weighted by Gasteiger charge is 2.11. The number of halogens is 4. The van der Waals surface area contributed by atoms with E-state index in [1.807, 2.05) is 12.1 Å². The quantitative estimate of drug-likeness (QED) is 0.112. The highest BCUT2D eigenvalue weighted by molar-refractivity contribution is 9.09. The summed E-state index contributed by atoms with van der Waals surface area (Å²) >= 11 is 19.3. The highest BCUT2D eigenvalue weighted by Crippen LogP contribution is 2.32. The average Bonchev–Trinajstić information content (AvgIpc) is 2.77. The second-order valence-electron chi connectivity index (χ2n) is 7.65. The van der Waals surface area contributed by atoms with Crippen molar-refractivity contribution in [3.05, 3.63) is 23.3 Å². The summed E-state index contributed by atoms with van der Waals surface area (Å²) < 4.78 is 12.1. The van der Waals surface area contributed by atoms with E-state index < -0.39 is 0 Å². The Kier molecular flexibility index (Phi) is 18.9. The number of rotatable bonds is 20. The molecule has 0 heterocycles. The Bertz CT molecular complexity index is 496. The average molecular weight is 589 g/mol. The molecule has 174 valence electrons. The van der Waals surface area contributed by atoms with Crippen molar-refractivity contribution < 1.29 is 9.47 Å². The van der Waals surface area contributed by atoms with Crippen molar-refractivity contribution in [2.75, 3.05) is 23.9 Å². The van der Waals surface area contributed by atoms with Gasteiger partial charge in [0, 0.05) is 21.8 Å². The van der Waals surface area contributed by atoms with E-state index in [2.05, 4.69) is 31.9 Å². The van der Waals surface area contributed by atoms with Crippen molar-refractivity contribution in [3.8, 4) is 11.5 Å². The summed E-state index contributed by atoms with van der Waals surface area (Å²) in [5, 5.41) is 2.22. The van der Waals surface area contributed by atoms with Crippen LogP contribution in [-0.2, 0) is 11.8 Å². The summed E-state index contributed by atoms with van der Waals surface area (Å²) in [6, 6.07) is 4.02. The molecule has 0 N–H and O–H groups in total. The molecule has 6 heteroatoms. The lowest BCUT2D eigenvalue weighted by Crippen LogP contribution is -2.04. The summed E-state index contributed by atoms with van der Waals surface area (Å²) in [5.74, 6) is 2.51. The molecule has 0 saturated carbocycles. The molecule has 0 fully saturated rings. The zero-order valence-corrected chi connectivity index (χ0v) is 22.9. The monoisotopic (exact) mass is 586 g/mol. The van der Waals surface area contributed by atoms with E-state index in [4.69, 9.17) is 32.7 Å². The topological polar surface area (TPSA) is 18.5 Å². The Labute approximate surface area is 211 Å². The molecule has 0 radical (unpaired) electrons. The fourth-order valence-electron chi connectivity index (χ4n) is 3.29. The zero-order chi connectivity index (χ0) is 21.9. The van der Waals surface area contributed by atoms with Crippen LogP contribution in [0.1, 0.15) is 88.2 Å². The maximum absolute atomic E-state index is 6.18. The SMILES string of the molecule is ClCc1cc(OCCCCCCCCBr)c(CCl)cc1OCCCCCCCCBr. The zero-order valence-electron chi connectivity index (χ0n) is 18.2. The lowest BCUT2D eigenvalue weighted by molar-refractivity contribution is 0.292. The molecule has 0 saturated heterocycles. The van der Waals surface area contributed by atoms with Gasteiger partial charge in [-0.05, 0) is 37.8 Å². The van der Waals surface area contributed by atoms with E-state index in [1.165, 1.54) is 64.2 Å². The van der Waals surface area contributed by atoms with E-state index >= 15 is 0 Å². The van der Waals surface area contributed by atoms with Crippen LogP contribution in [0.15, 0.2) is 12.1 Å². The number of benzene rings is 1. The predicted molar refractivity (Wildman–Crippen MR) is 140 cm³/mol. The molecule has 0 spiro atoms. The van der Waals surface area contributed by atoms with Gasteiger partial charge in [-0.2, -0.15) is 0 Å². The first kappa shape index (κ1) is 28.4. The third-order valence-electron chi connectivity index (χ3n) is 5.10. The predicted octanol–water partition coefficient (Wildman–Crippen LogP) is 9.39. The normalized spacial score (nSPS) is 11.1. The largest absolute Gasteiger partial charge is 0.493 e. The molecule has 0 aromatic heterocycles. The van der Waals surface area contributed by atoms with Gasteiger partial charge in [-0.25, -0.2) is 0 Å². The molecule has 1 aromatic carbocycles. The minimum Gasteiger partial charge on any atom is -0.493 e. The Balaban J connectivity index is 2.39. The van der Waals surface area contributed by atoms with Crippen molar-refractivity contribution in [1.29, 1.82) is 0 Å². The first-order chi connectivity index (χ1) is 14.8. The van der Waals surface area contributed by atoms with Crippen LogP contribution in [0.2, 0.25) is 0 Å². The van der Waals surface area contributed by atoms with Gasteiger partial charge in [0.1, 0.15) is 11.5 Å².